The van der Waals surface area contributed by atoms with E-state index in [1.807, 2.05) is 36.1 Å². The molecule has 0 bridgehead atoms. The van der Waals surface area contributed by atoms with E-state index in [2.05, 4.69) is 19.2 Å². The summed E-state index contributed by atoms with van der Waals surface area (Å²) in [5, 5.41) is 28.8. The van der Waals surface area contributed by atoms with Crippen molar-refractivity contribution in [1.82, 2.24) is 19.6 Å². The van der Waals surface area contributed by atoms with Crippen LogP contribution >= 0.6 is 0 Å². The van der Waals surface area contributed by atoms with Crippen molar-refractivity contribution in [2.24, 2.45) is 0 Å². The second kappa shape index (κ2) is 16.9. The molecule has 3 amide bonds. The molecule has 2 N–H and O–H groups in total. The number of carbonyl (C=O) groups excluding carboxylic acids is 3. The molecular weight excluding hydrogens is 652 g/mol. The van der Waals surface area contributed by atoms with Crippen LogP contribution in [0.2, 0.25) is 0 Å². The summed E-state index contributed by atoms with van der Waals surface area (Å²) in [4.78, 5) is 55.0. The third-order valence-corrected chi connectivity index (χ3v) is 8.94. The van der Waals surface area contributed by atoms with Gasteiger partial charge in [-0.3, -0.25) is 24.5 Å². The maximum atomic E-state index is 14.5. The van der Waals surface area contributed by atoms with Crippen LogP contribution < -0.4 is 10.1 Å². The van der Waals surface area contributed by atoms with Crippen molar-refractivity contribution in [3.05, 3.63) is 111 Å². The van der Waals surface area contributed by atoms with Crippen molar-refractivity contribution in [2.45, 2.75) is 65.5 Å². The van der Waals surface area contributed by atoms with Gasteiger partial charge < -0.3 is 25.0 Å². The number of aryl methyl sites for hydroxylation is 1. The lowest BCUT2D eigenvalue weighted by molar-refractivity contribution is -0.384. The average molecular weight is 697 g/mol. The normalized spacial score (nSPS) is 13.7. The van der Waals surface area contributed by atoms with Gasteiger partial charge in [-0.25, -0.2) is 4.68 Å². The van der Waals surface area contributed by atoms with Crippen LogP contribution in [0.15, 0.2) is 72.8 Å². The predicted molar refractivity (Wildman–Crippen MR) is 192 cm³/mol. The Bertz CT molecular complexity index is 1860. The van der Waals surface area contributed by atoms with Gasteiger partial charge in [0.15, 0.2) is 12.3 Å². The molecule has 4 aromatic rings. The van der Waals surface area contributed by atoms with Crippen LogP contribution in [0.25, 0.3) is 5.69 Å². The molecule has 0 saturated heterocycles. The van der Waals surface area contributed by atoms with E-state index in [1.54, 1.807) is 33.8 Å². The fourth-order valence-electron chi connectivity index (χ4n) is 6.12. The lowest BCUT2D eigenvalue weighted by Crippen LogP contribution is -2.46. The van der Waals surface area contributed by atoms with E-state index in [-0.39, 0.29) is 54.3 Å². The van der Waals surface area contributed by atoms with Crippen LogP contribution in [0.3, 0.4) is 0 Å². The first-order valence-electron chi connectivity index (χ1n) is 17.3. The monoisotopic (exact) mass is 696 g/mol. The number of nitrogens with one attached hydrogen (secondary N) is 1. The van der Waals surface area contributed by atoms with E-state index in [4.69, 9.17) is 9.84 Å². The van der Waals surface area contributed by atoms with Gasteiger partial charge >= 0.3 is 0 Å². The number of hydrogen-bond acceptors (Lipinski definition) is 8. The quantitative estimate of drug-likeness (QED) is 0.118. The van der Waals surface area contributed by atoms with Crippen molar-refractivity contribution < 1.29 is 29.2 Å². The van der Waals surface area contributed by atoms with E-state index in [9.17, 15) is 29.6 Å². The fourth-order valence-corrected chi connectivity index (χ4v) is 6.12. The van der Waals surface area contributed by atoms with E-state index < -0.39 is 16.9 Å². The number of carbonyl (C=O) groups is 3. The summed E-state index contributed by atoms with van der Waals surface area (Å²) in [5.74, 6) is -0.768. The zero-order chi connectivity index (χ0) is 36.5. The van der Waals surface area contributed by atoms with Crippen LogP contribution in [0.4, 0.5) is 11.4 Å². The van der Waals surface area contributed by atoms with Gasteiger partial charge in [0.05, 0.1) is 28.8 Å². The molecule has 3 aromatic carbocycles. The number of anilines is 1. The minimum Gasteiger partial charge on any atom is -0.484 e. The van der Waals surface area contributed by atoms with Gasteiger partial charge in [-0.15, -0.1) is 0 Å². The molecule has 5 rings (SSSR count). The number of nitro groups is 1. The molecule has 0 spiro atoms. The van der Waals surface area contributed by atoms with Gasteiger partial charge in [0, 0.05) is 43.1 Å². The van der Waals surface area contributed by atoms with Crippen LogP contribution in [-0.2, 0) is 17.8 Å². The molecular formula is C38H44N6O7. The molecule has 1 aliphatic rings. The predicted octanol–water partition coefficient (Wildman–Crippen LogP) is 5.71. The number of rotatable bonds is 15. The van der Waals surface area contributed by atoms with E-state index >= 15 is 0 Å². The van der Waals surface area contributed by atoms with Crippen LogP contribution in [-0.4, -0.2) is 79.7 Å². The molecule has 1 atom stereocenters. The number of aliphatic hydroxyl groups excluding tert-OH is 1. The highest BCUT2D eigenvalue weighted by molar-refractivity contribution is 6.01. The van der Waals surface area contributed by atoms with Gasteiger partial charge in [0.25, 0.3) is 23.4 Å². The Morgan fingerprint density at radius 2 is 1.69 bits per heavy atom. The Morgan fingerprint density at radius 3 is 2.33 bits per heavy atom. The van der Waals surface area contributed by atoms with Gasteiger partial charge in [-0.1, -0.05) is 51.0 Å². The molecule has 13 heteroatoms. The molecule has 2 heterocycles. The Morgan fingerprint density at radius 1 is 1.00 bits per heavy atom. The molecule has 0 radical (unpaired) electrons. The molecule has 0 aliphatic carbocycles. The number of amides is 3. The van der Waals surface area contributed by atoms with Crippen molar-refractivity contribution in [3.8, 4) is 11.4 Å². The lowest BCUT2D eigenvalue weighted by Gasteiger charge is -2.36. The number of non-ortho nitro benzene ring substituents is 1. The number of ether oxygens (including phenoxy) is 1. The number of hydrogen-bond donors (Lipinski definition) is 2. The Labute approximate surface area is 297 Å². The first-order valence-corrected chi connectivity index (χ1v) is 17.3. The van der Waals surface area contributed by atoms with Crippen LogP contribution in [0, 0.1) is 17.0 Å². The maximum absolute atomic E-state index is 14.5. The average Bonchev–Trinajstić information content (AvgIpc) is 3.54. The fraction of sp³-hybridized carbons (Fsp3) is 0.368. The van der Waals surface area contributed by atoms with Crippen molar-refractivity contribution in [1.29, 1.82) is 0 Å². The number of aliphatic hydroxyl groups is 1. The Balaban J connectivity index is 1.46. The topological polar surface area (TPSA) is 160 Å². The molecule has 0 fully saturated rings. The second-order valence-corrected chi connectivity index (χ2v) is 12.6. The largest absolute Gasteiger partial charge is 0.484 e. The smallest absolute Gasteiger partial charge is 0.274 e. The first-order chi connectivity index (χ1) is 24.6. The number of aromatic nitrogens is 2. The second-order valence-electron chi connectivity index (χ2n) is 12.6. The number of benzene rings is 3. The summed E-state index contributed by atoms with van der Waals surface area (Å²) < 4.78 is 7.10. The molecule has 268 valence electrons. The highest BCUT2D eigenvalue weighted by Gasteiger charge is 2.32. The van der Waals surface area contributed by atoms with Crippen LogP contribution in [0.5, 0.6) is 5.75 Å². The van der Waals surface area contributed by atoms with Gasteiger partial charge in [-0.2, -0.15) is 5.10 Å². The Kier molecular flexibility index (Phi) is 12.2. The molecule has 1 aliphatic heterocycles. The van der Waals surface area contributed by atoms with Crippen molar-refractivity contribution in [2.75, 3.05) is 31.6 Å². The minimum absolute atomic E-state index is 0.0982. The third-order valence-electron chi connectivity index (χ3n) is 8.94. The SMILES string of the molecule is CCCCN(CCCC)C(=O)c1cc(C)n(-c2ccc(NC(=O)COc3ccc([N+](=O)[O-])cc3)cc2C(=O)N2Cc3ccccc3C[C@H]2CO)n1. The summed E-state index contributed by atoms with van der Waals surface area (Å²) in [6.07, 6.45) is 4.15. The van der Waals surface area contributed by atoms with Gasteiger partial charge in [0.2, 0.25) is 0 Å². The number of nitrogens with zero attached hydrogens (tertiary/aromatic N) is 5. The van der Waals surface area contributed by atoms with E-state index in [0.717, 1.165) is 36.8 Å². The number of unbranched alkanes of at least 4 members (excludes halogenated alkanes) is 2. The minimum atomic E-state index is -0.524. The molecule has 0 unspecified atom stereocenters. The van der Waals surface area contributed by atoms with Crippen molar-refractivity contribution in [3.63, 3.8) is 0 Å². The highest BCUT2D eigenvalue weighted by atomic mass is 16.6. The van der Waals surface area contributed by atoms with Gasteiger partial charge in [0.1, 0.15) is 5.75 Å². The number of nitro benzene ring substituents is 1. The summed E-state index contributed by atoms with van der Waals surface area (Å²) in [6, 6.07) is 19.3. The molecule has 1 aromatic heterocycles. The van der Waals surface area contributed by atoms with Crippen molar-refractivity contribution >= 4 is 29.1 Å². The number of fused-ring (bicyclic) bond motifs is 1. The summed E-state index contributed by atoms with van der Waals surface area (Å²) in [7, 11) is 0. The van der Waals surface area contributed by atoms with Crippen LogP contribution in [0.1, 0.15) is 77.2 Å². The zero-order valence-electron chi connectivity index (χ0n) is 29.2. The molecule has 51 heavy (non-hydrogen) atoms. The lowest BCUT2D eigenvalue weighted by atomic mass is 9.93. The third kappa shape index (κ3) is 8.79. The summed E-state index contributed by atoms with van der Waals surface area (Å²) in [5.41, 5.74) is 3.84. The zero-order valence-corrected chi connectivity index (χ0v) is 29.2. The maximum Gasteiger partial charge on any atom is 0.274 e. The Hall–Kier alpha value is -5.56. The molecule has 0 saturated carbocycles. The molecule has 13 nitrogen and oxygen atoms in total. The first kappa shape index (κ1) is 36.7. The van der Waals surface area contributed by atoms with Gasteiger partial charge in [-0.05, 0) is 73.7 Å². The summed E-state index contributed by atoms with van der Waals surface area (Å²) >= 11 is 0. The van der Waals surface area contributed by atoms with E-state index in [1.165, 1.54) is 24.3 Å². The standard InChI is InChI=1S/C38H44N6O7/c1-4-6-18-41(19-7-5-2)38(48)34-20-26(3)43(40-34)35-17-12-29(39-36(46)25-51-32-15-13-30(14-16-32)44(49)50)22-33(35)37(47)42-23-28-11-9-8-10-27(28)21-31(42)24-45/h8-17,20,22,31,45H,4-7,18-19,21,23-25H2,1-3H3,(H,39,46)/t31-/m0/s1. The van der Waals surface area contributed by atoms with E-state index in [0.29, 0.717) is 36.6 Å². The summed E-state index contributed by atoms with van der Waals surface area (Å²) in [6.45, 7) is 6.91. The highest BCUT2D eigenvalue weighted by Crippen LogP contribution is 2.29.